The number of hydrogen-bond acceptors (Lipinski definition) is 6. The van der Waals surface area contributed by atoms with Gasteiger partial charge in [-0.25, -0.2) is 4.79 Å². The molecule has 1 unspecified atom stereocenters. The quantitative estimate of drug-likeness (QED) is 0.638. The predicted octanol–water partition coefficient (Wildman–Crippen LogP) is 2.78. The van der Waals surface area contributed by atoms with Crippen molar-refractivity contribution in [3.8, 4) is 11.5 Å². The molecule has 1 aromatic heterocycles. The van der Waals surface area contributed by atoms with Gasteiger partial charge in [-0.15, -0.1) is 11.3 Å². The molecule has 4 rings (SSSR count). The fourth-order valence-corrected chi connectivity index (χ4v) is 3.90. The molecule has 0 spiro atoms. The number of carbonyl (C=O) groups is 3. The Morgan fingerprint density at radius 2 is 2.04 bits per heavy atom. The van der Waals surface area contributed by atoms with Crippen LogP contribution in [0.2, 0.25) is 4.34 Å². The highest BCUT2D eigenvalue weighted by Crippen LogP contribution is 2.38. The maximum absolute atomic E-state index is 12.9. The van der Waals surface area contributed by atoms with Gasteiger partial charge in [-0.1, -0.05) is 17.7 Å². The van der Waals surface area contributed by atoms with E-state index in [2.05, 4.69) is 5.32 Å². The summed E-state index contributed by atoms with van der Waals surface area (Å²) < 4.78 is 11.1. The minimum atomic E-state index is -1.29. The average molecular weight is 393 g/mol. The first-order chi connectivity index (χ1) is 12.4. The zero-order chi connectivity index (χ0) is 18.5. The van der Waals surface area contributed by atoms with E-state index in [4.69, 9.17) is 21.1 Å². The third-order valence-electron chi connectivity index (χ3n) is 4.37. The molecular weight excluding hydrogens is 380 g/mol. The Hall–Kier alpha value is -2.58. The molecule has 2 aromatic rings. The fraction of sp³-hybridized carbons (Fsp3) is 0.235. The Labute approximate surface area is 157 Å². The van der Waals surface area contributed by atoms with Gasteiger partial charge in [0, 0.05) is 0 Å². The van der Waals surface area contributed by atoms with Gasteiger partial charge in [0.1, 0.15) is 5.54 Å². The number of hydrogen-bond donors (Lipinski definition) is 1. The van der Waals surface area contributed by atoms with Gasteiger partial charge in [0.05, 0.1) is 15.8 Å². The van der Waals surface area contributed by atoms with Gasteiger partial charge in [-0.05, 0) is 36.8 Å². The van der Waals surface area contributed by atoms with Crippen molar-refractivity contribution >= 4 is 40.7 Å². The van der Waals surface area contributed by atoms with E-state index >= 15 is 0 Å². The Kier molecular flexibility index (Phi) is 3.89. The number of carbonyl (C=O) groups excluding carboxylic acids is 3. The first-order valence-electron chi connectivity index (χ1n) is 7.71. The molecule has 26 heavy (non-hydrogen) atoms. The molecule has 9 heteroatoms. The molecule has 0 bridgehead atoms. The number of amides is 3. The number of Topliss-reactive ketones (excluding diaryl/α,β-unsaturated/α-hetero) is 1. The van der Waals surface area contributed by atoms with Gasteiger partial charge in [-0.3, -0.25) is 14.5 Å². The molecule has 1 atom stereocenters. The second-order valence-electron chi connectivity index (χ2n) is 6.04. The number of imide groups is 1. The maximum atomic E-state index is 12.9. The number of ketones is 1. The molecule has 0 radical (unpaired) electrons. The van der Waals surface area contributed by atoms with Gasteiger partial charge in [0.15, 0.2) is 17.3 Å². The lowest BCUT2D eigenvalue weighted by molar-refractivity contribution is -0.130. The van der Waals surface area contributed by atoms with Crippen LogP contribution < -0.4 is 14.8 Å². The number of rotatable bonds is 4. The van der Waals surface area contributed by atoms with E-state index in [1.807, 2.05) is 0 Å². The van der Waals surface area contributed by atoms with Gasteiger partial charge >= 0.3 is 6.03 Å². The zero-order valence-corrected chi connectivity index (χ0v) is 15.1. The highest BCUT2D eigenvalue weighted by molar-refractivity contribution is 7.18. The van der Waals surface area contributed by atoms with Crippen LogP contribution in [0.1, 0.15) is 22.2 Å². The number of nitrogens with one attached hydrogen (secondary N) is 1. The molecule has 1 saturated heterocycles. The van der Waals surface area contributed by atoms with E-state index in [1.165, 1.54) is 0 Å². The fourth-order valence-electron chi connectivity index (χ4n) is 2.93. The van der Waals surface area contributed by atoms with Crippen molar-refractivity contribution in [2.24, 2.45) is 0 Å². The highest BCUT2D eigenvalue weighted by atomic mass is 35.5. The molecule has 2 aliphatic rings. The van der Waals surface area contributed by atoms with Crippen LogP contribution in [0.3, 0.4) is 0 Å². The standard InChI is InChI=1S/C17H13ClN2O5S/c1-17(9-2-3-11-12(6-9)25-8-24-11)15(22)20(16(23)19-17)7-10(21)13-4-5-14(18)26-13/h2-6H,7-8H2,1H3,(H,19,23). The van der Waals surface area contributed by atoms with E-state index in [0.717, 1.165) is 16.2 Å². The van der Waals surface area contributed by atoms with Gasteiger partial charge in [0.25, 0.3) is 5.91 Å². The molecular formula is C17H13ClN2O5S. The number of halogens is 1. The van der Waals surface area contributed by atoms with Crippen molar-refractivity contribution in [2.75, 3.05) is 13.3 Å². The second kappa shape index (κ2) is 6.00. The molecule has 1 aromatic carbocycles. The van der Waals surface area contributed by atoms with Crippen molar-refractivity contribution in [1.82, 2.24) is 10.2 Å². The predicted molar refractivity (Wildman–Crippen MR) is 93.8 cm³/mol. The van der Waals surface area contributed by atoms with E-state index in [0.29, 0.717) is 26.3 Å². The van der Waals surface area contributed by atoms with Crippen LogP contribution in [-0.4, -0.2) is 36.0 Å². The van der Waals surface area contributed by atoms with Crippen molar-refractivity contribution < 1.29 is 23.9 Å². The first kappa shape index (κ1) is 16.9. The third-order valence-corrected chi connectivity index (χ3v) is 5.65. The topological polar surface area (TPSA) is 84.9 Å². The molecule has 3 heterocycles. The Balaban J connectivity index is 1.59. The summed E-state index contributed by atoms with van der Waals surface area (Å²) in [7, 11) is 0. The average Bonchev–Trinajstić information content (AvgIpc) is 3.30. The van der Waals surface area contributed by atoms with Gasteiger partial charge < -0.3 is 14.8 Å². The molecule has 7 nitrogen and oxygen atoms in total. The van der Waals surface area contributed by atoms with Crippen LogP contribution in [0.25, 0.3) is 0 Å². The summed E-state index contributed by atoms with van der Waals surface area (Å²) in [5.74, 6) is 0.238. The maximum Gasteiger partial charge on any atom is 0.325 e. The summed E-state index contributed by atoms with van der Waals surface area (Å²) in [5.41, 5.74) is -0.736. The largest absolute Gasteiger partial charge is 0.454 e. The summed E-state index contributed by atoms with van der Waals surface area (Å²) >= 11 is 6.94. The number of nitrogens with zero attached hydrogens (tertiary/aromatic N) is 1. The lowest BCUT2D eigenvalue weighted by atomic mass is 9.91. The molecule has 134 valence electrons. The highest BCUT2D eigenvalue weighted by Gasteiger charge is 2.50. The van der Waals surface area contributed by atoms with Crippen LogP contribution in [0, 0.1) is 0 Å². The van der Waals surface area contributed by atoms with Crippen LogP contribution in [0.15, 0.2) is 30.3 Å². The van der Waals surface area contributed by atoms with Crippen molar-refractivity contribution in [1.29, 1.82) is 0 Å². The Bertz CT molecular complexity index is 943. The minimum Gasteiger partial charge on any atom is -0.454 e. The van der Waals surface area contributed by atoms with Crippen LogP contribution in [0.4, 0.5) is 4.79 Å². The van der Waals surface area contributed by atoms with E-state index in [1.54, 1.807) is 37.3 Å². The molecule has 3 amide bonds. The van der Waals surface area contributed by atoms with Gasteiger partial charge in [0.2, 0.25) is 6.79 Å². The lowest BCUT2D eigenvalue weighted by Gasteiger charge is -2.22. The normalized spacial score (nSPS) is 21.2. The monoisotopic (exact) mass is 392 g/mol. The smallest absolute Gasteiger partial charge is 0.325 e. The molecule has 1 fully saturated rings. The number of urea groups is 1. The summed E-state index contributed by atoms with van der Waals surface area (Å²) in [6.07, 6.45) is 0. The molecule has 2 aliphatic heterocycles. The summed E-state index contributed by atoms with van der Waals surface area (Å²) in [4.78, 5) is 38.9. The SMILES string of the molecule is CC1(c2ccc3c(c2)OCO3)NC(=O)N(CC(=O)c2ccc(Cl)s2)C1=O. The van der Waals surface area contributed by atoms with Crippen molar-refractivity contribution in [2.45, 2.75) is 12.5 Å². The van der Waals surface area contributed by atoms with Crippen LogP contribution in [-0.2, 0) is 10.3 Å². The van der Waals surface area contributed by atoms with Crippen molar-refractivity contribution in [3.05, 3.63) is 45.1 Å². The van der Waals surface area contributed by atoms with E-state index < -0.39 is 17.5 Å². The number of ether oxygens (including phenoxy) is 2. The molecule has 0 saturated carbocycles. The molecule has 0 aliphatic carbocycles. The number of fused-ring (bicyclic) bond motifs is 1. The van der Waals surface area contributed by atoms with Gasteiger partial charge in [-0.2, -0.15) is 0 Å². The van der Waals surface area contributed by atoms with Crippen molar-refractivity contribution in [3.63, 3.8) is 0 Å². The summed E-state index contributed by atoms with van der Waals surface area (Å²) in [5, 5.41) is 2.67. The summed E-state index contributed by atoms with van der Waals surface area (Å²) in [6.45, 7) is 1.36. The van der Waals surface area contributed by atoms with Crippen LogP contribution >= 0.6 is 22.9 Å². The third kappa shape index (κ3) is 2.62. The van der Waals surface area contributed by atoms with E-state index in [9.17, 15) is 14.4 Å². The Morgan fingerprint density at radius 3 is 2.77 bits per heavy atom. The lowest BCUT2D eigenvalue weighted by Crippen LogP contribution is -2.41. The zero-order valence-electron chi connectivity index (χ0n) is 13.6. The van der Waals surface area contributed by atoms with Crippen LogP contribution in [0.5, 0.6) is 11.5 Å². The molecule has 1 N–H and O–H groups in total. The Morgan fingerprint density at radius 1 is 1.27 bits per heavy atom. The minimum absolute atomic E-state index is 0.111. The summed E-state index contributed by atoms with van der Waals surface area (Å²) in [6, 6.07) is 7.59. The number of benzene rings is 1. The van der Waals surface area contributed by atoms with E-state index in [-0.39, 0.29) is 19.1 Å². The number of thiophene rings is 1. The second-order valence-corrected chi connectivity index (χ2v) is 7.76. The first-order valence-corrected chi connectivity index (χ1v) is 8.91.